The molecule has 0 saturated heterocycles. The second kappa shape index (κ2) is 6.30. The Bertz CT molecular complexity index is 418. The minimum absolute atomic E-state index is 0.0454. The number of carbonyl (C=O) groups excluding carboxylic acids is 1. The van der Waals surface area contributed by atoms with Gasteiger partial charge in [-0.25, -0.2) is 0 Å². The average Bonchev–Trinajstić information content (AvgIpc) is 2.32. The maximum atomic E-state index is 12.0. The Balaban J connectivity index is 2.68. The molecule has 0 saturated carbocycles. The molecule has 2 N–H and O–H groups in total. The summed E-state index contributed by atoms with van der Waals surface area (Å²) in [6.07, 6.45) is 3.66. The van der Waals surface area contributed by atoms with Gasteiger partial charge < -0.3 is 10.6 Å². The first-order valence-electron chi connectivity index (χ1n) is 5.47. The van der Waals surface area contributed by atoms with Crippen LogP contribution in [-0.2, 0) is 0 Å². The summed E-state index contributed by atoms with van der Waals surface area (Å²) in [7, 11) is 1.77. The van der Waals surface area contributed by atoms with Crippen LogP contribution in [0.4, 0.5) is 5.69 Å². The lowest BCUT2D eigenvalue weighted by atomic mass is 10.2. The molecule has 0 fully saturated rings. The van der Waals surface area contributed by atoms with Crippen molar-refractivity contribution in [1.82, 2.24) is 4.90 Å². The van der Waals surface area contributed by atoms with Crippen molar-refractivity contribution in [2.75, 3.05) is 19.3 Å². The summed E-state index contributed by atoms with van der Waals surface area (Å²) in [5.74, 6) is -0.0454. The van der Waals surface area contributed by atoms with Gasteiger partial charge in [-0.15, -0.1) is 6.58 Å². The summed E-state index contributed by atoms with van der Waals surface area (Å²) >= 11 is 5.88. The number of anilines is 1. The summed E-state index contributed by atoms with van der Waals surface area (Å²) in [5.41, 5.74) is 6.64. The van der Waals surface area contributed by atoms with Crippen molar-refractivity contribution >= 4 is 23.2 Å². The molecular weight excluding hydrogens is 236 g/mol. The monoisotopic (exact) mass is 252 g/mol. The van der Waals surface area contributed by atoms with Crippen LogP contribution < -0.4 is 5.73 Å². The molecule has 17 heavy (non-hydrogen) atoms. The maximum absolute atomic E-state index is 12.0. The summed E-state index contributed by atoms with van der Waals surface area (Å²) in [6.45, 7) is 4.35. The highest BCUT2D eigenvalue weighted by molar-refractivity contribution is 6.33. The SMILES string of the molecule is C=CCCCN(C)C(=O)c1ccc(N)c(Cl)c1. The summed E-state index contributed by atoms with van der Waals surface area (Å²) in [6, 6.07) is 4.93. The molecule has 1 rings (SSSR count). The zero-order valence-corrected chi connectivity index (χ0v) is 10.7. The fourth-order valence-corrected chi connectivity index (χ4v) is 1.64. The van der Waals surface area contributed by atoms with Gasteiger partial charge in [-0.2, -0.15) is 0 Å². The zero-order chi connectivity index (χ0) is 12.8. The van der Waals surface area contributed by atoms with Gasteiger partial charge in [-0.1, -0.05) is 17.7 Å². The second-order valence-corrected chi connectivity index (χ2v) is 4.30. The minimum Gasteiger partial charge on any atom is -0.398 e. The molecule has 0 radical (unpaired) electrons. The van der Waals surface area contributed by atoms with E-state index in [0.29, 0.717) is 22.8 Å². The highest BCUT2D eigenvalue weighted by Crippen LogP contribution is 2.20. The van der Waals surface area contributed by atoms with Crippen molar-refractivity contribution in [2.45, 2.75) is 12.8 Å². The molecule has 1 amide bonds. The smallest absolute Gasteiger partial charge is 0.253 e. The number of carbonyl (C=O) groups is 1. The number of amides is 1. The first-order valence-corrected chi connectivity index (χ1v) is 5.85. The van der Waals surface area contributed by atoms with Crippen molar-refractivity contribution in [3.05, 3.63) is 41.4 Å². The van der Waals surface area contributed by atoms with Crippen LogP contribution in [0.25, 0.3) is 0 Å². The number of rotatable bonds is 5. The third-order valence-electron chi connectivity index (χ3n) is 2.50. The van der Waals surface area contributed by atoms with Gasteiger partial charge in [-0.3, -0.25) is 4.79 Å². The molecule has 4 heteroatoms. The minimum atomic E-state index is -0.0454. The Morgan fingerprint density at radius 3 is 2.88 bits per heavy atom. The van der Waals surface area contributed by atoms with Crippen LogP contribution in [-0.4, -0.2) is 24.4 Å². The van der Waals surface area contributed by atoms with Crippen molar-refractivity contribution < 1.29 is 4.79 Å². The van der Waals surface area contributed by atoms with Crippen molar-refractivity contribution in [2.24, 2.45) is 0 Å². The predicted octanol–water partition coefficient (Wildman–Crippen LogP) is 2.96. The largest absolute Gasteiger partial charge is 0.398 e. The van der Waals surface area contributed by atoms with Gasteiger partial charge in [0.2, 0.25) is 0 Å². The van der Waals surface area contributed by atoms with E-state index in [1.54, 1.807) is 30.1 Å². The van der Waals surface area contributed by atoms with Crippen LogP contribution in [0.3, 0.4) is 0 Å². The number of nitrogens with zero attached hydrogens (tertiary/aromatic N) is 1. The van der Waals surface area contributed by atoms with Gasteiger partial charge in [0.1, 0.15) is 0 Å². The molecule has 0 aliphatic heterocycles. The van der Waals surface area contributed by atoms with Crippen molar-refractivity contribution in [3.63, 3.8) is 0 Å². The topological polar surface area (TPSA) is 46.3 Å². The quantitative estimate of drug-likeness (QED) is 0.498. The Morgan fingerprint density at radius 1 is 1.59 bits per heavy atom. The van der Waals surface area contributed by atoms with Crippen LogP contribution in [0.2, 0.25) is 5.02 Å². The molecule has 0 aliphatic rings. The third kappa shape index (κ3) is 3.79. The summed E-state index contributed by atoms with van der Waals surface area (Å²) in [4.78, 5) is 13.7. The highest BCUT2D eigenvalue weighted by Gasteiger charge is 2.12. The molecule has 3 nitrogen and oxygen atoms in total. The number of benzene rings is 1. The van der Waals surface area contributed by atoms with Gasteiger partial charge in [-0.05, 0) is 31.0 Å². The van der Waals surface area contributed by atoms with Crippen molar-refractivity contribution in [3.8, 4) is 0 Å². The lowest BCUT2D eigenvalue weighted by Gasteiger charge is -2.17. The zero-order valence-electron chi connectivity index (χ0n) is 9.95. The standard InChI is InChI=1S/C13H17ClN2O/c1-3-4-5-8-16(2)13(17)10-6-7-12(15)11(14)9-10/h3,6-7,9H,1,4-5,8,15H2,2H3. The molecule has 0 bridgehead atoms. The van der Waals surface area contributed by atoms with Gasteiger partial charge in [0.25, 0.3) is 5.91 Å². The molecule has 0 spiro atoms. The molecule has 0 atom stereocenters. The van der Waals surface area contributed by atoms with E-state index in [-0.39, 0.29) is 5.91 Å². The van der Waals surface area contributed by atoms with Crippen LogP contribution >= 0.6 is 11.6 Å². The fraction of sp³-hybridized carbons (Fsp3) is 0.308. The molecule has 0 heterocycles. The third-order valence-corrected chi connectivity index (χ3v) is 2.82. The van der Waals surface area contributed by atoms with Gasteiger partial charge in [0.15, 0.2) is 0 Å². The molecule has 0 aromatic heterocycles. The summed E-state index contributed by atoms with van der Waals surface area (Å²) < 4.78 is 0. The van der Waals surface area contributed by atoms with E-state index >= 15 is 0 Å². The van der Waals surface area contributed by atoms with E-state index in [1.165, 1.54) is 0 Å². The molecule has 1 aromatic rings. The Labute approximate surface area is 107 Å². The number of allylic oxidation sites excluding steroid dienone is 1. The number of hydrogen-bond donors (Lipinski definition) is 1. The first-order chi connectivity index (χ1) is 8.06. The Hall–Kier alpha value is -1.48. The number of hydrogen-bond acceptors (Lipinski definition) is 2. The van der Waals surface area contributed by atoms with Gasteiger partial charge >= 0.3 is 0 Å². The van der Waals surface area contributed by atoms with Crippen LogP contribution in [0.5, 0.6) is 0 Å². The number of nitrogens with two attached hydrogens (primary N) is 1. The lowest BCUT2D eigenvalue weighted by molar-refractivity contribution is 0.0794. The number of nitrogen functional groups attached to an aromatic ring is 1. The van der Waals surface area contributed by atoms with E-state index < -0.39 is 0 Å². The van der Waals surface area contributed by atoms with E-state index in [0.717, 1.165) is 12.8 Å². The van der Waals surface area contributed by atoms with E-state index in [4.69, 9.17) is 17.3 Å². The number of unbranched alkanes of at least 4 members (excludes halogenated alkanes) is 1. The molecule has 0 unspecified atom stereocenters. The van der Waals surface area contributed by atoms with Gasteiger partial charge in [0.05, 0.1) is 10.7 Å². The highest BCUT2D eigenvalue weighted by atomic mass is 35.5. The van der Waals surface area contributed by atoms with Gasteiger partial charge in [0, 0.05) is 19.2 Å². The lowest BCUT2D eigenvalue weighted by Crippen LogP contribution is -2.27. The van der Waals surface area contributed by atoms with Crippen LogP contribution in [0, 0.1) is 0 Å². The Morgan fingerprint density at radius 2 is 2.29 bits per heavy atom. The fourth-order valence-electron chi connectivity index (χ4n) is 1.45. The van der Waals surface area contributed by atoms with Crippen LogP contribution in [0.1, 0.15) is 23.2 Å². The van der Waals surface area contributed by atoms with E-state index in [2.05, 4.69) is 6.58 Å². The van der Waals surface area contributed by atoms with E-state index in [9.17, 15) is 4.79 Å². The summed E-state index contributed by atoms with van der Waals surface area (Å²) in [5, 5.41) is 0.412. The second-order valence-electron chi connectivity index (χ2n) is 3.89. The molecule has 1 aromatic carbocycles. The molecular formula is C13H17ClN2O. The van der Waals surface area contributed by atoms with E-state index in [1.807, 2.05) is 6.08 Å². The normalized spacial score (nSPS) is 10.0. The van der Waals surface area contributed by atoms with Crippen LogP contribution in [0.15, 0.2) is 30.9 Å². The number of halogens is 1. The average molecular weight is 253 g/mol. The molecule has 92 valence electrons. The van der Waals surface area contributed by atoms with Crippen molar-refractivity contribution in [1.29, 1.82) is 0 Å². The molecule has 0 aliphatic carbocycles. The maximum Gasteiger partial charge on any atom is 0.253 e. The Kier molecular flexibility index (Phi) is 5.04. The first kappa shape index (κ1) is 13.6. The predicted molar refractivity (Wildman–Crippen MR) is 72.3 cm³/mol.